The number of hydrogen-bond acceptors (Lipinski definition) is 0. The lowest BCUT2D eigenvalue weighted by atomic mass is 9.59. The highest BCUT2D eigenvalue weighted by molar-refractivity contribution is 4.94. The molecular weight excluding hydrogens is 132 g/mol. The van der Waals surface area contributed by atoms with Crippen LogP contribution in [0.15, 0.2) is 0 Å². The lowest BCUT2D eigenvalue weighted by Crippen LogP contribution is -2.36. The lowest BCUT2D eigenvalue weighted by molar-refractivity contribution is 0.0429. The van der Waals surface area contributed by atoms with Crippen molar-refractivity contribution in [1.82, 2.24) is 0 Å². The third-order valence-electron chi connectivity index (χ3n) is 4.27. The predicted octanol–water partition coefficient (Wildman–Crippen LogP) is 3.61. The summed E-state index contributed by atoms with van der Waals surface area (Å²) < 4.78 is 0. The molecule has 0 saturated heterocycles. The molecule has 0 heterocycles. The molecule has 2 fully saturated rings. The van der Waals surface area contributed by atoms with E-state index < -0.39 is 0 Å². The maximum atomic E-state index is 2.51. The second kappa shape index (κ2) is 2.50. The van der Waals surface area contributed by atoms with Gasteiger partial charge in [-0.2, -0.15) is 0 Å². The van der Waals surface area contributed by atoms with Crippen molar-refractivity contribution in [3.05, 3.63) is 0 Å². The maximum Gasteiger partial charge on any atom is -0.0297 e. The van der Waals surface area contributed by atoms with Gasteiger partial charge in [0.2, 0.25) is 0 Å². The molecule has 11 heavy (non-hydrogen) atoms. The van der Waals surface area contributed by atoms with Crippen LogP contribution in [0.4, 0.5) is 0 Å². The lowest BCUT2D eigenvalue weighted by Gasteiger charge is -2.46. The highest BCUT2D eigenvalue weighted by Gasteiger charge is 2.43. The fourth-order valence-corrected chi connectivity index (χ4v) is 2.87. The largest absolute Gasteiger partial charge is 0.0625 e. The van der Waals surface area contributed by atoms with Crippen LogP contribution in [0.3, 0.4) is 0 Å². The van der Waals surface area contributed by atoms with Crippen molar-refractivity contribution in [3.8, 4) is 0 Å². The molecule has 2 aliphatic rings. The molecule has 0 spiro atoms. The molecule has 2 saturated carbocycles. The van der Waals surface area contributed by atoms with Crippen molar-refractivity contribution in [1.29, 1.82) is 0 Å². The molecule has 64 valence electrons. The summed E-state index contributed by atoms with van der Waals surface area (Å²) in [5, 5.41) is 0. The summed E-state index contributed by atoms with van der Waals surface area (Å²) in [5.41, 5.74) is 0.782. The Morgan fingerprint density at radius 1 is 1.00 bits per heavy atom. The second-order valence-corrected chi connectivity index (χ2v) is 5.11. The van der Waals surface area contributed by atoms with Gasteiger partial charge >= 0.3 is 0 Å². The minimum Gasteiger partial charge on any atom is -0.0625 e. The molecule has 2 rings (SSSR count). The highest BCUT2D eigenvalue weighted by Crippen LogP contribution is 2.54. The van der Waals surface area contributed by atoms with Crippen LogP contribution in [0.25, 0.3) is 0 Å². The van der Waals surface area contributed by atoms with E-state index in [1.54, 1.807) is 0 Å². The normalized spacial score (nSPS) is 50.7. The van der Waals surface area contributed by atoms with Gasteiger partial charge in [0, 0.05) is 0 Å². The molecule has 0 bridgehead atoms. The monoisotopic (exact) mass is 152 g/mol. The molecule has 0 aliphatic heterocycles. The van der Waals surface area contributed by atoms with Crippen molar-refractivity contribution in [2.75, 3.05) is 0 Å². The minimum absolute atomic E-state index is 0.782. The van der Waals surface area contributed by atoms with Gasteiger partial charge in [-0.3, -0.25) is 0 Å². The van der Waals surface area contributed by atoms with Gasteiger partial charge in [0.15, 0.2) is 0 Å². The van der Waals surface area contributed by atoms with Gasteiger partial charge in [-0.05, 0) is 42.9 Å². The molecule has 2 aliphatic carbocycles. The Morgan fingerprint density at radius 3 is 2.36 bits per heavy atom. The van der Waals surface area contributed by atoms with Gasteiger partial charge < -0.3 is 0 Å². The molecular formula is C11H20. The quantitative estimate of drug-likeness (QED) is 0.497. The summed E-state index contributed by atoms with van der Waals surface area (Å²) in [6.45, 7) is 4.94. The fourth-order valence-electron chi connectivity index (χ4n) is 2.87. The molecule has 0 N–H and O–H groups in total. The smallest absolute Gasteiger partial charge is 0.0297 e. The molecule has 0 aromatic carbocycles. The highest BCUT2D eigenvalue weighted by atomic mass is 14.5. The summed E-state index contributed by atoms with van der Waals surface area (Å²) in [5.74, 6) is 2.12. The van der Waals surface area contributed by atoms with Gasteiger partial charge in [-0.25, -0.2) is 0 Å². The zero-order chi connectivity index (χ0) is 7.90. The molecule has 0 nitrogen and oxygen atoms in total. The molecule has 0 amide bonds. The standard InChI is InChI=1S/C11H20/c1-9-3-4-10-6-8-11(10,2)7-5-9/h9-10H,3-8H2,1-2H3. The molecule has 0 aromatic rings. The van der Waals surface area contributed by atoms with E-state index >= 15 is 0 Å². The van der Waals surface area contributed by atoms with Gasteiger partial charge in [0.1, 0.15) is 0 Å². The molecule has 0 heteroatoms. The number of rotatable bonds is 0. The van der Waals surface area contributed by atoms with Crippen LogP contribution < -0.4 is 0 Å². The Balaban J connectivity index is 2.02. The van der Waals surface area contributed by atoms with Crippen LogP contribution in [0, 0.1) is 17.3 Å². The van der Waals surface area contributed by atoms with E-state index in [-0.39, 0.29) is 0 Å². The van der Waals surface area contributed by atoms with E-state index in [1.807, 2.05) is 0 Å². The topological polar surface area (TPSA) is 0 Å². The molecule has 0 aromatic heterocycles. The van der Waals surface area contributed by atoms with Gasteiger partial charge in [0.05, 0.1) is 0 Å². The molecule has 3 unspecified atom stereocenters. The molecule has 3 atom stereocenters. The maximum absolute atomic E-state index is 2.51. The second-order valence-electron chi connectivity index (χ2n) is 5.11. The first kappa shape index (κ1) is 7.64. The van der Waals surface area contributed by atoms with E-state index in [2.05, 4.69) is 13.8 Å². The zero-order valence-electron chi connectivity index (χ0n) is 7.90. The van der Waals surface area contributed by atoms with E-state index in [0.717, 1.165) is 17.3 Å². The Bertz CT molecular complexity index is 150. The average Bonchev–Trinajstić information content (AvgIpc) is 2.04. The van der Waals surface area contributed by atoms with Crippen molar-refractivity contribution >= 4 is 0 Å². The van der Waals surface area contributed by atoms with Crippen molar-refractivity contribution in [3.63, 3.8) is 0 Å². The number of hydrogen-bond donors (Lipinski definition) is 0. The van der Waals surface area contributed by atoms with Gasteiger partial charge in [-0.15, -0.1) is 0 Å². The first-order valence-corrected chi connectivity index (χ1v) is 5.21. The first-order chi connectivity index (χ1) is 5.21. The average molecular weight is 152 g/mol. The van der Waals surface area contributed by atoms with Crippen LogP contribution >= 0.6 is 0 Å². The SMILES string of the molecule is CC1CCC2CCC2(C)CC1. The van der Waals surface area contributed by atoms with Crippen molar-refractivity contribution in [2.24, 2.45) is 17.3 Å². The minimum atomic E-state index is 0.782. The van der Waals surface area contributed by atoms with E-state index in [1.165, 1.54) is 38.5 Å². The Kier molecular flexibility index (Phi) is 1.74. The first-order valence-electron chi connectivity index (χ1n) is 5.21. The summed E-state index contributed by atoms with van der Waals surface area (Å²) in [4.78, 5) is 0. The number of fused-ring (bicyclic) bond motifs is 1. The van der Waals surface area contributed by atoms with Crippen LogP contribution in [0.1, 0.15) is 52.4 Å². The Labute approximate surface area is 70.4 Å². The van der Waals surface area contributed by atoms with Crippen LogP contribution in [-0.2, 0) is 0 Å². The van der Waals surface area contributed by atoms with Crippen molar-refractivity contribution < 1.29 is 0 Å². The third-order valence-corrected chi connectivity index (χ3v) is 4.27. The van der Waals surface area contributed by atoms with Crippen LogP contribution in [0.2, 0.25) is 0 Å². The third kappa shape index (κ3) is 1.21. The Morgan fingerprint density at radius 2 is 1.73 bits per heavy atom. The van der Waals surface area contributed by atoms with Crippen LogP contribution in [0.5, 0.6) is 0 Å². The van der Waals surface area contributed by atoms with Crippen molar-refractivity contribution in [2.45, 2.75) is 52.4 Å². The fraction of sp³-hybridized carbons (Fsp3) is 1.00. The summed E-state index contributed by atoms with van der Waals surface area (Å²) in [6.07, 6.45) is 9.08. The van der Waals surface area contributed by atoms with Gasteiger partial charge in [-0.1, -0.05) is 26.7 Å². The zero-order valence-corrected chi connectivity index (χ0v) is 7.90. The van der Waals surface area contributed by atoms with Crippen LogP contribution in [-0.4, -0.2) is 0 Å². The predicted molar refractivity (Wildman–Crippen MR) is 48.5 cm³/mol. The summed E-state index contributed by atoms with van der Waals surface area (Å²) in [7, 11) is 0. The summed E-state index contributed by atoms with van der Waals surface area (Å²) in [6, 6.07) is 0. The molecule has 0 radical (unpaired) electrons. The van der Waals surface area contributed by atoms with E-state index in [9.17, 15) is 0 Å². The van der Waals surface area contributed by atoms with Gasteiger partial charge in [0.25, 0.3) is 0 Å². The van der Waals surface area contributed by atoms with E-state index in [4.69, 9.17) is 0 Å². The van der Waals surface area contributed by atoms with E-state index in [0.29, 0.717) is 0 Å². The summed E-state index contributed by atoms with van der Waals surface area (Å²) >= 11 is 0. The Hall–Kier alpha value is 0.